The minimum Gasteiger partial charge on any atom is -0.488 e. The van der Waals surface area contributed by atoms with Crippen LogP contribution in [0.5, 0.6) is 5.75 Å². The van der Waals surface area contributed by atoms with Gasteiger partial charge in [-0.05, 0) is 74.4 Å². The Morgan fingerprint density at radius 1 is 1.00 bits per heavy atom. The number of anilines is 1. The van der Waals surface area contributed by atoms with Crippen molar-refractivity contribution in [2.45, 2.75) is 33.1 Å². The van der Waals surface area contributed by atoms with Crippen molar-refractivity contribution in [1.29, 1.82) is 0 Å². The topological polar surface area (TPSA) is 61.9 Å². The quantitative estimate of drug-likeness (QED) is 0.637. The molecule has 2 saturated heterocycles. The molecule has 1 spiro atoms. The van der Waals surface area contributed by atoms with Gasteiger partial charge in [-0.3, -0.25) is 4.79 Å². The fraction of sp³-hybridized carbons (Fsp3) is 0.407. The molecule has 6 nitrogen and oxygen atoms in total. The number of benzene rings is 2. The van der Waals surface area contributed by atoms with Crippen LogP contribution in [0, 0.1) is 19.3 Å². The predicted molar refractivity (Wildman–Crippen MR) is 134 cm³/mol. The van der Waals surface area contributed by atoms with Crippen molar-refractivity contribution in [2.75, 3.05) is 38.1 Å². The van der Waals surface area contributed by atoms with Gasteiger partial charge < -0.3 is 19.9 Å². The van der Waals surface area contributed by atoms with Crippen LogP contribution in [0.15, 0.2) is 42.0 Å². The molecule has 0 saturated carbocycles. The van der Waals surface area contributed by atoms with E-state index in [1.54, 1.807) is 6.07 Å². The highest BCUT2D eigenvalue weighted by Crippen LogP contribution is 2.41. The molecule has 2 fully saturated rings. The van der Waals surface area contributed by atoms with E-state index in [2.05, 4.69) is 11.4 Å². The van der Waals surface area contributed by atoms with E-state index in [0.29, 0.717) is 23.7 Å². The number of ether oxygens (including phenoxy) is 1. The van der Waals surface area contributed by atoms with Gasteiger partial charge in [-0.15, -0.1) is 0 Å². The van der Waals surface area contributed by atoms with Crippen molar-refractivity contribution in [3.8, 4) is 5.75 Å². The molecule has 3 aliphatic rings. The number of likely N-dealkylation sites (tertiary alicyclic amines) is 2. The first-order chi connectivity index (χ1) is 16.3. The van der Waals surface area contributed by atoms with Gasteiger partial charge in [0.2, 0.25) is 0 Å². The number of aryl methyl sites for hydroxylation is 2. The zero-order chi connectivity index (χ0) is 23.9. The summed E-state index contributed by atoms with van der Waals surface area (Å²) in [5.74, 6) is 0.794. The average Bonchev–Trinajstić information content (AvgIpc) is 3.23. The molecule has 0 bridgehead atoms. The molecule has 3 aliphatic heterocycles. The van der Waals surface area contributed by atoms with Crippen LogP contribution in [-0.2, 0) is 4.79 Å². The molecule has 34 heavy (non-hydrogen) atoms. The largest absolute Gasteiger partial charge is 0.488 e. The standard InChI is InChI=1S/C27H30ClN3O3/c1-18-3-5-23(19(2)13-18)29-26(33)30-10-7-27(8-11-30)9-12-31(17-27)25(32)21-14-20-15-22(28)4-6-24(20)34-16-21/h3-6,13-15H,7-12,16-17H2,1-2H3,(H,29,33). The van der Waals surface area contributed by atoms with Gasteiger partial charge in [-0.25, -0.2) is 4.79 Å². The van der Waals surface area contributed by atoms with E-state index in [9.17, 15) is 9.59 Å². The summed E-state index contributed by atoms with van der Waals surface area (Å²) in [6, 6.07) is 11.5. The van der Waals surface area contributed by atoms with Crippen molar-refractivity contribution in [3.63, 3.8) is 0 Å². The van der Waals surface area contributed by atoms with Gasteiger partial charge in [-0.1, -0.05) is 29.3 Å². The number of hydrogen-bond acceptors (Lipinski definition) is 3. The summed E-state index contributed by atoms with van der Waals surface area (Å²) in [6.07, 6.45) is 4.69. The summed E-state index contributed by atoms with van der Waals surface area (Å²) in [5.41, 5.74) is 4.70. The minimum absolute atomic E-state index is 0.0394. The first-order valence-corrected chi connectivity index (χ1v) is 12.3. The number of hydrogen-bond donors (Lipinski definition) is 1. The molecular formula is C27H30ClN3O3. The summed E-state index contributed by atoms with van der Waals surface area (Å²) in [5, 5.41) is 3.69. The molecule has 7 heteroatoms. The van der Waals surface area contributed by atoms with E-state index in [4.69, 9.17) is 16.3 Å². The van der Waals surface area contributed by atoms with Crippen molar-refractivity contribution in [3.05, 3.63) is 63.7 Å². The molecule has 2 aromatic carbocycles. The van der Waals surface area contributed by atoms with E-state index < -0.39 is 0 Å². The molecule has 3 heterocycles. The first kappa shape index (κ1) is 22.8. The molecule has 0 aliphatic carbocycles. The molecular weight excluding hydrogens is 450 g/mol. The number of nitrogens with zero attached hydrogens (tertiary/aromatic N) is 2. The molecule has 1 N–H and O–H groups in total. The van der Waals surface area contributed by atoms with Crippen molar-refractivity contribution in [2.24, 2.45) is 5.41 Å². The Kier molecular flexibility index (Phi) is 6.02. The van der Waals surface area contributed by atoms with Gasteiger partial charge in [0.15, 0.2) is 0 Å². The lowest BCUT2D eigenvalue weighted by molar-refractivity contribution is -0.127. The Balaban J connectivity index is 1.18. The number of rotatable bonds is 2. The van der Waals surface area contributed by atoms with Crippen LogP contribution < -0.4 is 10.1 Å². The number of carbonyl (C=O) groups excluding carboxylic acids is 2. The SMILES string of the molecule is Cc1ccc(NC(=O)N2CCC3(CC2)CCN(C(=O)C2=Cc4cc(Cl)ccc4OC2)C3)c(C)c1. The summed E-state index contributed by atoms with van der Waals surface area (Å²) >= 11 is 6.11. The van der Waals surface area contributed by atoms with Crippen LogP contribution in [0.3, 0.4) is 0 Å². The third-order valence-corrected chi connectivity index (χ3v) is 7.65. The number of urea groups is 1. The predicted octanol–water partition coefficient (Wildman–Crippen LogP) is 5.28. The van der Waals surface area contributed by atoms with Gasteiger partial charge in [0.05, 0.1) is 5.57 Å². The number of nitrogens with one attached hydrogen (secondary N) is 1. The van der Waals surface area contributed by atoms with Crippen LogP contribution in [0.2, 0.25) is 5.02 Å². The van der Waals surface area contributed by atoms with Crippen molar-refractivity contribution < 1.29 is 14.3 Å². The maximum Gasteiger partial charge on any atom is 0.321 e. The highest BCUT2D eigenvalue weighted by atomic mass is 35.5. The maximum absolute atomic E-state index is 13.2. The lowest BCUT2D eigenvalue weighted by Gasteiger charge is -2.39. The average molecular weight is 480 g/mol. The summed E-state index contributed by atoms with van der Waals surface area (Å²) in [4.78, 5) is 29.9. The summed E-state index contributed by atoms with van der Waals surface area (Å²) in [7, 11) is 0. The van der Waals surface area contributed by atoms with Crippen LogP contribution in [0.1, 0.15) is 36.0 Å². The van der Waals surface area contributed by atoms with Crippen LogP contribution in [-0.4, -0.2) is 54.5 Å². The van der Waals surface area contributed by atoms with E-state index in [0.717, 1.165) is 54.9 Å². The van der Waals surface area contributed by atoms with E-state index >= 15 is 0 Å². The molecule has 3 amide bonds. The zero-order valence-electron chi connectivity index (χ0n) is 19.7. The Hall–Kier alpha value is -2.99. The van der Waals surface area contributed by atoms with E-state index in [-0.39, 0.29) is 24.0 Å². The van der Waals surface area contributed by atoms with Crippen molar-refractivity contribution in [1.82, 2.24) is 9.80 Å². The number of fused-ring (bicyclic) bond motifs is 1. The molecule has 0 unspecified atom stereocenters. The minimum atomic E-state index is -0.0467. The Labute approximate surface area is 205 Å². The molecule has 5 rings (SSSR count). The fourth-order valence-corrected chi connectivity index (χ4v) is 5.50. The summed E-state index contributed by atoms with van der Waals surface area (Å²) < 4.78 is 5.79. The number of halogens is 1. The van der Waals surface area contributed by atoms with Gasteiger partial charge in [0.25, 0.3) is 5.91 Å². The van der Waals surface area contributed by atoms with E-state index in [1.807, 2.05) is 54.0 Å². The van der Waals surface area contributed by atoms with Crippen LogP contribution >= 0.6 is 11.6 Å². The smallest absolute Gasteiger partial charge is 0.321 e. The molecule has 0 atom stereocenters. The number of carbonyl (C=O) groups is 2. The van der Waals surface area contributed by atoms with E-state index in [1.165, 1.54) is 5.56 Å². The molecule has 178 valence electrons. The lowest BCUT2D eigenvalue weighted by Crippen LogP contribution is -2.46. The van der Waals surface area contributed by atoms with Crippen LogP contribution in [0.4, 0.5) is 10.5 Å². The maximum atomic E-state index is 13.2. The number of amides is 3. The summed E-state index contributed by atoms with van der Waals surface area (Å²) in [6.45, 7) is 7.23. The second-order valence-corrected chi connectivity index (χ2v) is 10.3. The second-order valence-electron chi connectivity index (χ2n) is 9.85. The zero-order valence-corrected chi connectivity index (χ0v) is 20.5. The fourth-order valence-electron chi connectivity index (χ4n) is 5.32. The van der Waals surface area contributed by atoms with Gasteiger partial charge in [0.1, 0.15) is 12.4 Å². The third-order valence-electron chi connectivity index (χ3n) is 7.42. The van der Waals surface area contributed by atoms with Gasteiger partial charge in [0, 0.05) is 42.5 Å². The third kappa shape index (κ3) is 4.51. The normalized spacial score (nSPS) is 18.9. The van der Waals surface area contributed by atoms with Gasteiger partial charge >= 0.3 is 6.03 Å². The van der Waals surface area contributed by atoms with Crippen LogP contribution in [0.25, 0.3) is 6.08 Å². The van der Waals surface area contributed by atoms with Gasteiger partial charge in [-0.2, -0.15) is 0 Å². The Bertz CT molecular complexity index is 1170. The highest BCUT2D eigenvalue weighted by molar-refractivity contribution is 6.30. The lowest BCUT2D eigenvalue weighted by atomic mass is 9.78. The highest BCUT2D eigenvalue weighted by Gasteiger charge is 2.43. The molecule has 2 aromatic rings. The second kappa shape index (κ2) is 8.99. The Morgan fingerprint density at radius 3 is 2.47 bits per heavy atom. The first-order valence-electron chi connectivity index (χ1n) is 11.9. The molecule has 0 radical (unpaired) electrons. The van der Waals surface area contributed by atoms with Crippen molar-refractivity contribution >= 4 is 35.3 Å². The monoisotopic (exact) mass is 479 g/mol. The molecule has 0 aromatic heterocycles. The Morgan fingerprint density at radius 2 is 1.74 bits per heavy atom. The number of piperidine rings is 1.